The monoisotopic (exact) mass is 471 g/mol. The number of halogens is 2. The van der Waals surface area contributed by atoms with E-state index in [1.54, 1.807) is 12.1 Å². The van der Waals surface area contributed by atoms with Gasteiger partial charge in [0, 0.05) is 22.0 Å². The van der Waals surface area contributed by atoms with Crippen molar-refractivity contribution in [3.8, 4) is 0 Å². The SMILES string of the molecule is CC[C@H](C)N1C(=O)S/C(=C/c2cc(Br)c(Sc3ccc(Cl)cc3)o2)C1=O. The van der Waals surface area contributed by atoms with Crippen LogP contribution in [-0.4, -0.2) is 22.1 Å². The molecule has 1 atom stereocenters. The van der Waals surface area contributed by atoms with Crippen LogP contribution in [0, 0.1) is 0 Å². The third-order valence-corrected chi connectivity index (χ3v) is 6.81. The molecular weight excluding hydrogens is 458 g/mol. The summed E-state index contributed by atoms with van der Waals surface area (Å²) in [5, 5.41) is 1.10. The second kappa shape index (κ2) is 8.25. The lowest BCUT2D eigenvalue weighted by Crippen LogP contribution is -2.36. The second-order valence-corrected chi connectivity index (χ2v) is 8.98. The van der Waals surface area contributed by atoms with Crippen LogP contribution in [0.4, 0.5) is 4.79 Å². The minimum absolute atomic E-state index is 0.118. The molecule has 8 heteroatoms. The van der Waals surface area contributed by atoms with Crippen LogP contribution >= 0.6 is 51.1 Å². The van der Waals surface area contributed by atoms with E-state index in [1.807, 2.05) is 38.1 Å². The predicted octanol–water partition coefficient (Wildman–Crippen LogP) is 6.68. The summed E-state index contributed by atoms with van der Waals surface area (Å²) in [6, 6.07) is 9.10. The van der Waals surface area contributed by atoms with Crippen LogP contribution in [0.25, 0.3) is 6.08 Å². The first-order chi connectivity index (χ1) is 12.4. The average Bonchev–Trinajstić information content (AvgIpc) is 3.08. The minimum atomic E-state index is -0.270. The first kappa shape index (κ1) is 19.6. The molecule has 0 spiro atoms. The van der Waals surface area contributed by atoms with Gasteiger partial charge in [0.25, 0.3) is 11.1 Å². The number of rotatable bonds is 5. The van der Waals surface area contributed by atoms with Gasteiger partial charge in [0.1, 0.15) is 5.76 Å². The predicted molar refractivity (Wildman–Crippen MR) is 110 cm³/mol. The van der Waals surface area contributed by atoms with E-state index in [0.29, 0.717) is 20.8 Å². The number of hydrogen-bond donors (Lipinski definition) is 0. The molecule has 1 aromatic carbocycles. The van der Waals surface area contributed by atoms with E-state index >= 15 is 0 Å². The standard InChI is InChI=1S/C18H15BrClNO3S2/c1-3-10(2)21-16(22)15(26-18(21)23)9-12-8-14(19)17(24-12)25-13-6-4-11(20)5-7-13/h4-10H,3H2,1-2H3/b15-9+/t10-/m0/s1. The first-order valence-corrected chi connectivity index (χ1v) is 10.7. The number of benzene rings is 1. The molecule has 0 unspecified atom stereocenters. The maximum atomic E-state index is 12.5. The molecule has 0 aliphatic carbocycles. The molecular formula is C18H15BrClNO3S2. The molecule has 0 N–H and O–H groups in total. The van der Waals surface area contributed by atoms with Crippen molar-refractivity contribution in [3.05, 3.63) is 50.5 Å². The lowest BCUT2D eigenvalue weighted by atomic mass is 10.2. The van der Waals surface area contributed by atoms with Gasteiger partial charge in [-0.05, 0) is 71.4 Å². The zero-order chi connectivity index (χ0) is 18.8. The number of thioether (sulfide) groups is 1. The molecule has 1 aromatic heterocycles. The van der Waals surface area contributed by atoms with E-state index in [0.717, 1.165) is 27.6 Å². The Morgan fingerprint density at radius 3 is 2.69 bits per heavy atom. The lowest BCUT2D eigenvalue weighted by Gasteiger charge is -2.19. The van der Waals surface area contributed by atoms with Crippen molar-refractivity contribution in [1.29, 1.82) is 0 Å². The lowest BCUT2D eigenvalue weighted by molar-refractivity contribution is -0.124. The molecule has 0 radical (unpaired) electrons. The maximum Gasteiger partial charge on any atom is 0.293 e. The molecule has 0 bridgehead atoms. The fourth-order valence-electron chi connectivity index (χ4n) is 2.29. The van der Waals surface area contributed by atoms with Crippen molar-refractivity contribution in [2.45, 2.75) is 36.3 Å². The van der Waals surface area contributed by atoms with Crippen molar-refractivity contribution < 1.29 is 14.0 Å². The van der Waals surface area contributed by atoms with Gasteiger partial charge < -0.3 is 4.42 Å². The Hall–Kier alpha value is -1.15. The van der Waals surface area contributed by atoms with E-state index in [4.69, 9.17) is 16.0 Å². The zero-order valence-corrected chi connectivity index (χ0v) is 18.0. The third kappa shape index (κ3) is 4.22. The molecule has 2 heterocycles. The van der Waals surface area contributed by atoms with Crippen molar-refractivity contribution in [3.63, 3.8) is 0 Å². The molecule has 4 nitrogen and oxygen atoms in total. The van der Waals surface area contributed by atoms with Crippen LogP contribution in [-0.2, 0) is 4.79 Å². The van der Waals surface area contributed by atoms with Gasteiger partial charge in [-0.1, -0.05) is 30.3 Å². The number of furan rings is 1. The smallest absolute Gasteiger partial charge is 0.293 e. The van der Waals surface area contributed by atoms with Crippen LogP contribution < -0.4 is 0 Å². The number of nitrogens with zero attached hydrogens (tertiary/aromatic N) is 1. The summed E-state index contributed by atoms with van der Waals surface area (Å²) in [6.45, 7) is 3.81. The van der Waals surface area contributed by atoms with E-state index in [1.165, 1.54) is 16.7 Å². The van der Waals surface area contributed by atoms with Crippen molar-refractivity contribution >= 4 is 68.3 Å². The summed E-state index contributed by atoms with van der Waals surface area (Å²) < 4.78 is 6.61. The Bertz CT molecular complexity index is 879. The largest absolute Gasteiger partial charge is 0.449 e. The minimum Gasteiger partial charge on any atom is -0.449 e. The number of carbonyl (C=O) groups excluding carboxylic acids is 2. The Balaban J connectivity index is 1.81. The van der Waals surface area contributed by atoms with Gasteiger partial charge in [0.2, 0.25) is 0 Å². The molecule has 2 aromatic rings. The summed E-state index contributed by atoms with van der Waals surface area (Å²) in [6.07, 6.45) is 2.34. The molecule has 26 heavy (non-hydrogen) atoms. The summed E-state index contributed by atoms with van der Waals surface area (Å²) in [5.74, 6) is 0.247. The van der Waals surface area contributed by atoms with Gasteiger partial charge >= 0.3 is 0 Å². The van der Waals surface area contributed by atoms with Gasteiger partial charge in [0.05, 0.1) is 9.38 Å². The number of imide groups is 1. The molecule has 136 valence electrons. The van der Waals surface area contributed by atoms with Gasteiger partial charge in [-0.25, -0.2) is 0 Å². The Labute approximate surface area is 173 Å². The highest BCUT2D eigenvalue weighted by Crippen LogP contribution is 2.39. The fraction of sp³-hybridized carbons (Fsp3) is 0.222. The van der Waals surface area contributed by atoms with E-state index in [9.17, 15) is 9.59 Å². The fourth-order valence-corrected chi connectivity index (χ4v) is 4.66. The highest BCUT2D eigenvalue weighted by Gasteiger charge is 2.37. The van der Waals surface area contributed by atoms with Crippen molar-refractivity contribution in [2.75, 3.05) is 0 Å². The Kier molecular flexibility index (Phi) is 6.22. The molecule has 1 fully saturated rings. The van der Waals surface area contributed by atoms with Crippen molar-refractivity contribution in [1.82, 2.24) is 4.90 Å². The quantitative estimate of drug-likeness (QED) is 0.454. The number of hydrogen-bond acceptors (Lipinski definition) is 5. The highest BCUT2D eigenvalue weighted by atomic mass is 79.9. The number of carbonyl (C=O) groups is 2. The molecule has 1 saturated heterocycles. The van der Waals surface area contributed by atoms with Crippen LogP contribution in [0.3, 0.4) is 0 Å². The summed E-state index contributed by atoms with van der Waals surface area (Å²) in [7, 11) is 0. The maximum absolute atomic E-state index is 12.5. The van der Waals surface area contributed by atoms with E-state index in [2.05, 4.69) is 15.9 Å². The molecule has 1 aliphatic heterocycles. The Morgan fingerprint density at radius 2 is 2.04 bits per heavy atom. The average molecular weight is 473 g/mol. The van der Waals surface area contributed by atoms with E-state index in [-0.39, 0.29) is 17.2 Å². The molecule has 0 saturated carbocycles. The van der Waals surface area contributed by atoms with Crippen LogP contribution in [0.15, 0.2) is 54.1 Å². The second-order valence-electron chi connectivity index (χ2n) is 5.65. The summed E-state index contributed by atoms with van der Waals surface area (Å²) >= 11 is 11.8. The first-order valence-electron chi connectivity index (χ1n) is 7.89. The third-order valence-electron chi connectivity index (χ3n) is 3.83. The summed E-state index contributed by atoms with van der Waals surface area (Å²) in [5.41, 5.74) is 0. The van der Waals surface area contributed by atoms with Crippen molar-refractivity contribution in [2.24, 2.45) is 0 Å². The molecule has 2 amide bonds. The van der Waals surface area contributed by atoms with Gasteiger partial charge in [0.15, 0.2) is 5.09 Å². The molecule has 3 rings (SSSR count). The van der Waals surface area contributed by atoms with Crippen LogP contribution in [0.1, 0.15) is 26.0 Å². The van der Waals surface area contributed by atoms with Crippen LogP contribution in [0.2, 0.25) is 5.02 Å². The van der Waals surface area contributed by atoms with E-state index < -0.39 is 0 Å². The normalized spacial score (nSPS) is 17.4. The van der Waals surface area contributed by atoms with Gasteiger partial charge in [-0.15, -0.1) is 0 Å². The summed E-state index contributed by atoms with van der Waals surface area (Å²) in [4.78, 5) is 27.2. The molecule has 1 aliphatic rings. The van der Waals surface area contributed by atoms with Gasteiger partial charge in [-0.3, -0.25) is 14.5 Å². The topological polar surface area (TPSA) is 50.5 Å². The zero-order valence-electron chi connectivity index (χ0n) is 14.0. The number of amides is 2. The van der Waals surface area contributed by atoms with Crippen LogP contribution in [0.5, 0.6) is 0 Å². The Morgan fingerprint density at radius 1 is 1.35 bits per heavy atom. The van der Waals surface area contributed by atoms with Gasteiger partial charge in [-0.2, -0.15) is 0 Å². The highest BCUT2D eigenvalue weighted by molar-refractivity contribution is 9.10.